The van der Waals surface area contributed by atoms with Crippen molar-refractivity contribution in [2.45, 2.75) is 13.0 Å². The van der Waals surface area contributed by atoms with E-state index in [1.165, 1.54) is 20.1 Å². The third-order valence-electron chi connectivity index (χ3n) is 2.50. The lowest BCUT2D eigenvalue weighted by molar-refractivity contribution is -0.154. The first-order chi connectivity index (χ1) is 10.4. The van der Waals surface area contributed by atoms with Gasteiger partial charge in [-0.15, -0.1) is 0 Å². The van der Waals surface area contributed by atoms with E-state index in [2.05, 4.69) is 5.32 Å². The van der Waals surface area contributed by atoms with E-state index in [0.717, 1.165) is 0 Å². The molecule has 1 rings (SSSR count). The fourth-order valence-electron chi connectivity index (χ4n) is 1.41. The van der Waals surface area contributed by atoms with Crippen LogP contribution in [0.2, 0.25) is 10.0 Å². The van der Waals surface area contributed by atoms with Crippen molar-refractivity contribution in [3.63, 3.8) is 0 Å². The van der Waals surface area contributed by atoms with Crippen molar-refractivity contribution in [2.75, 3.05) is 26.9 Å². The van der Waals surface area contributed by atoms with Crippen LogP contribution in [0.5, 0.6) is 5.75 Å². The average Bonchev–Trinajstić information content (AvgIpc) is 2.47. The highest BCUT2D eigenvalue weighted by atomic mass is 35.5. The van der Waals surface area contributed by atoms with Crippen LogP contribution in [0.25, 0.3) is 0 Å². The number of rotatable bonds is 8. The number of hydrogen-bond acceptors (Lipinski definition) is 5. The van der Waals surface area contributed by atoms with Gasteiger partial charge in [-0.2, -0.15) is 0 Å². The van der Waals surface area contributed by atoms with Gasteiger partial charge in [0.15, 0.2) is 12.7 Å². The zero-order valence-electron chi connectivity index (χ0n) is 12.2. The number of methoxy groups -OCH3 is 1. The minimum absolute atomic E-state index is 0.282. The Kier molecular flexibility index (Phi) is 8.01. The average molecular weight is 350 g/mol. The fraction of sp³-hybridized carbons (Fsp3) is 0.429. The smallest absolute Gasteiger partial charge is 0.347 e. The minimum Gasteiger partial charge on any atom is -0.477 e. The number of hydrogen-bond donors (Lipinski definition) is 1. The highest BCUT2D eigenvalue weighted by Gasteiger charge is 2.19. The summed E-state index contributed by atoms with van der Waals surface area (Å²) >= 11 is 11.7. The molecule has 0 saturated heterocycles. The van der Waals surface area contributed by atoms with Gasteiger partial charge in [-0.05, 0) is 25.1 Å². The van der Waals surface area contributed by atoms with E-state index >= 15 is 0 Å². The van der Waals surface area contributed by atoms with Crippen LogP contribution < -0.4 is 10.1 Å². The standard InChI is InChI=1S/C14H17Cl2NO5/c1-9(22-12-4-3-10(15)7-11(12)16)14(19)21-8-13(18)17-5-6-20-2/h3-4,7,9H,5-6,8H2,1-2H3,(H,17,18)/t9-/m0/s1. The van der Waals surface area contributed by atoms with Gasteiger partial charge in [-0.3, -0.25) is 4.79 Å². The van der Waals surface area contributed by atoms with Crippen molar-refractivity contribution >= 4 is 35.1 Å². The van der Waals surface area contributed by atoms with E-state index in [1.807, 2.05) is 0 Å². The van der Waals surface area contributed by atoms with Gasteiger partial charge < -0.3 is 19.5 Å². The van der Waals surface area contributed by atoms with E-state index in [4.69, 9.17) is 37.4 Å². The Bertz CT molecular complexity index is 524. The maximum absolute atomic E-state index is 11.7. The second kappa shape index (κ2) is 9.50. The number of carbonyl (C=O) groups is 2. The Morgan fingerprint density at radius 3 is 2.68 bits per heavy atom. The molecule has 0 aromatic heterocycles. The molecule has 1 N–H and O–H groups in total. The van der Waals surface area contributed by atoms with Gasteiger partial charge in [0.05, 0.1) is 11.6 Å². The van der Waals surface area contributed by atoms with Gasteiger partial charge in [-0.25, -0.2) is 4.79 Å². The Balaban J connectivity index is 2.40. The summed E-state index contributed by atoms with van der Waals surface area (Å²) < 4.78 is 15.0. The highest BCUT2D eigenvalue weighted by molar-refractivity contribution is 6.35. The van der Waals surface area contributed by atoms with E-state index in [0.29, 0.717) is 23.9 Å². The monoisotopic (exact) mass is 349 g/mol. The summed E-state index contributed by atoms with van der Waals surface area (Å²) in [7, 11) is 1.52. The third kappa shape index (κ3) is 6.51. The number of carbonyl (C=O) groups excluding carboxylic acids is 2. The summed E-state index contributed by atoms with van der Waals surface area (Å²) in [5.41, 5.74) is 0. The van der Waals surface area contributed by atoms with E-state index in [9.17, 15) is 9.59 Å². The molecule has 1 aromatic carbocycles. The van der Waals surface area contributed by atoms with Crippen LogP contribution in [-0.2, 0) is 19.1 Å². The van der Waals surface area contributed by atoms with Crippen LogP contribution in [0.15, 0.2) is 18.2 Å². The Labute approximate surface area is 138 Å². The van der Waals surface area contributed by atoms with Gasteiger partial charge in [0.2, 0.25) is 0 Å². The lowest BCUT2D eigenvalue weighted by Gasteiger charge is -2.15. The number of halogens is 2. The zero-order valence-corrected chi connectivity index (χ0v) is 13.7. The van der Waals surface area contributed by atoms with Crippen molar-refractivity contribution in [3.05, 3.63) is 28.2 Å². The Hall–Kier alpha value is -1.50. The largest absolute Gasteiger partial charge is 0.477 e. The molecule has 6 nitrogen and oxygen atoms in total. The SMILES string of the molecule is COCCNC(=O)COC(=O)[C@H](C)Oc1ccc(Cl)cc1Cl. The molecule has 0 radical (unpaired) electrons. The Morgan fingerprint density at radius 2 is 2.05 bits per heavy atom. The number of esters is 1. The molecule has 1 atom stereocenters. The molecule has 0 aliphatic heterocycles. The molecule has 0 unspecified atom stereocenters. The normalized spacial score (nSPS) is 11.6. The molecule has 122 valence electrons. The molecule has 0 aliphatic carbocycles. The molecule has 22 heavy (non-hydrogen) atoms. The van der Waals surface area contributed by atoms with Crippen LogP contribution >= 0.6 is 23.2 Å². The van der Waals surface area contributed by atoms with Crippen LogP contribution in [0.3, 0.4) is 0 Å². The lowest BCUT2D eigenvalue weighted by atomic mass is 10.3. The van der Waals surface area contributed by atoms with Crippen LogP contribution in [-0.4, -0.2) is 44.8 Å². The van der Waals surface area contributed by atoms with Crippen molar-refractivity contribution in [1.82, 2.24) is 5.32 Å². The molecule has 0 heterocycles. The predicted molar refractivity (Wildman–Crippen MR) is 82.4 cm³/mol. The van der Waals surface area contributed by atoms with Crippen molar-refractivity contribution in [2.24, 2.45) is 0 Å². The topological polar surface area (TPSA) is 73.9 Å². The van der Waals surface area contributed by atoms with E-state index in [1.54, 1.807) is 12.1 Å². The summed E-state index contributed by atoms with van der Waals surface area (Å²) in [6, 6.07) is 4.63. The molecule has 0 bridgehead atoms. The summed E-state index contributed by atoms with van der Waals surface area (Å²) in [6.45, 7) is 1.84. The molecule has 8 heteroatoms. The first-order valence-electron chi connectivity index (χ1n) is 6.48. The molecule has 0 spiro atoms. The van der Waals surface area contributed by atoms with Crippen molar-refractivity contribution < 1.29 is 23.8 Å². The fourth-order valence-corrected chi connectivity index (χ4v) is 1.86. The van der Waals surface area contributed by atoms with Crippen LogP contribution in [0.1, 0.15) is 6.92 Å². The molecule has 0 fully saturated rings. The predicted octanol–water partition coefficient (Wildman–Crippen LogP) is 2.07. The summed E-state index contributed by atoms with van der Waals surface area (Å²) in [6.07, 6.45) is -0.912. The summed E-state index contributed by atoms with van der Waals surface area (Å²) in [5.74, 6) is -0.782. The van der Waals surface area contributed by atoms with Crippen LogP contribution in [0.4, 0.5) is 0 Å². The lowest BCUT2D eigenvalue weighted by Crippen LogP contribution is -2.34. The van der Waals surface area contributed by atoms with Gasteiger partial charge in [0.1, 0.15) is 5.75 Å². The van der Waals surface area contributed by atoms with E-state index in [-0.39, 0.29) is 11.6 Å². The second-order valence-corrected chi connectivity index (χ2v) is 5.13. The molecule has 0 saturated carbocycles. The molecule has 0 aliphatic rings. The first kappa shape index (κ1) is 18.5. The number of amides is 1. The van der Waals surface area contributed by atoms with Gasteiger partial charge in [0.25, 0.3) is 5.91 Å². The summed E-state index contributed by atoms with van der Waals surface area (Å²) in [5, 5.41) is 3.27. The highest BCUT2D eigenvalue weighted by Crippen LogP contribution is 2.28. The first-order valence-corrected chi connectivity index (χ1v) is 7.23. The molecule has 1 amide bonds. The van der Waals surface area contributed by atoms with Crippen molar-refractivity contribution in [1.29, 1.82) is 0 Å². The Morgan fingerprint density at radius 1 is 1.32 bits per heavy atom. The summed E-state index contributed by atoms with van der Waals surface area (Å²) in [4.78, 5) is 23.1. The van der Waals surface area contributed by atoms with Crippen molar-refractivity contribution in [3.8, 4) is 5.75 Å². The van der Waals surface area contributed by atoms with Gasteiger partial charge >= 0.3 is 5.97 Å². The maximum atomic E-state index is 11.7. The quantitative estimate of drug-likeness (QED) is 0.574. The van der Waals surface area contributed by atoms with Crippen LogP contribution in [0, 0.1) is 0 Å². The minimum atomic E-state index is -0.912. The molecular formula is C14H17Cl2NO5. The third-order valence-corrected chi connectivity index (χ3v) is 3.03. The van der Waals surface area contributed by atoms with Gasteiger partial charge in [0, 0.05) is 18.7 Å². The number of nitrogens with one attached hydrogen (secondary N) is 1. The maximum Gasteiger partial charge on any atom is 0.347 e. The number of benzene rings is 1. The molecular weight excluding hydrogens is 333 g/mol. The second-order valence-electron chi connectivity index (χ2n) is 4.29. The van der Waals surface area contributed by atoms with E-state index < -0.39 is 18.0 Å². The number of ether oxygens (including phenoxy) is 3. The zero-order chi connectivity index (χ0) is 16.5. The molecule has 1 aromatic rings. The van der Waals surface area contributed by atoms with Gasteiger partial charge in [-0.1, -0.05) is 23.2 Å².